The van der Waals surface area contributed by atoms with E-state index in [4.69, 9.17) is 0 Å². The molecule has 40 heavy (non-hydrogen) atoms. The van der Waals surface area contributed by atoms with Gasteiger partial charge in [-0.15, -0.1) is 5.10 Å². The van der Waals surface area contributed by atoms with Crippen molar-refractivity contribution in [2.24, 2.45) is 0 Å². The smallest absolute Gasteiger partial charge is 0.346 e. The Balaban J connectivity index is 1.95. The summed E-state index contributed by atoms with van der Waals surface area (Å²) in [4.78, 5) is 25.9. The number of halogens is 6. The molecule has 0 aliphatic heterocycles. The van der Waals surface area contributed by atoms with Crippen molar-refractivity contribution in [1.82, 2.24) is 24.4 Å². The predicted molar refractivity (Wildman–Crippen MR) is 133 cm³/mol. The Morgan fingerprint density at radius 1 is 1.02 bits per heavy atom. The van der Waals surface area contributed by atoms with Gasteiger partial charge in [-0.1, -0.05) is 48.0 Å². The Morgan fingerprint density at radius 2 is 1.65 bits per heavy atom. The molecule has 0 saturated carbocycles. The molecule has 218 valence electrons. The molecule has 0 saturated heterocycles. The normalized spacial score (nSPS) is 13.3. The van der Waals surface area contributed by atoms with E-state index in [9.17, 15) is 44.3 Å². The van der Waals surface area contributed by atoms with E-state index in [1.807, 2.05) is 4.72 Å². The number of carbonyl (C=O) groups excluding carboxylic acids is 1. The Hall–Kier alpha value is -3.66. The van der Waals surface area contributed by atoms with Crippen LogP contribution in [-0.4, -0.2) is 47.6 Å². The van der Waals surface area contributed by atoms with E-state index < -0.39 is 77.2 Å². The average molecular weight is 594 g/mol. The number of rotatable bonds is 10. The minimum Gasteiger partial charge on any atom is -0.346 e. The van der Waals surface area contributed by atoms with Gasteiger partial charge in [-0.25, -0.2) is 22.6 Å². The molecule has 0 aliphatic carbocycles. The van der Waals surface area contributed by atoms with Crippen LogP contribution in [0.1, 0.15) is 29.2 Å². The van der Waals surface area contributed by atoms with Gasteiger partial charge in [-0.05, 0) is 18.6 Å². The summed E-state index contributed by atoms with van der Waals surface area (Å²) >= 11 is 0. The third-order valence-corrected chi connectivity index (χ3v) is 6.36. The van der Waals surface area contributed by atoms with Crippen LogP contribution in [0.2, 0.25) is 0 Å². The van der Waals surface area contributed by atoms with Gasteiger partial charge in [0.05, 0.1) is 24.3 Å². The molecular formula is C24H25F6N5O4S. The lowest BCUT2D eigenvalue weighted by molar-refractivity contribution is -0.139. The number of benzene rings is 2. The third-order valence-electron chi connectivity index (χ3n) is 5.67. The second-order valence-corrected chi connectivity index (χ2v) is 10.8. The molecule has 0 bridgehead atoms. The minimum absolute atomic E-state index is 0.139. The number of carbonyl (C=O) groups is 1. The maximum Gasteiger partial charge on any atom is 0.416 e. The van der Waals surface area contributed by atoms with Crippen molar-refractivity contribution in [1.29, 1.82) is 0 Å². The first-order valence-electron chi connectivity index (χ1n) is 11.7. The maximum atomic E-state index is 13.6. The van der Waals surface area contributed by atoms with Crippen molar-refractivity contribution >= 4 is 15.9 Å². The van der Waals surface area contributed by atoms with Crippen LogP contribution in [0.3, 0.4) is 0 Å². The topological polar surface area (TPSA) is 115 Å². The van der Waals surface area contributed by atoms with Crippen molar-refractivity contribution < 1.29 is 39.6 Å². The van der Waals surface area contributed by atoms with E-state index in [0.29, 0.717) is 10.2 Å². The van der Waals surface area contributed by atoms with Crippen molar-refractivity contribution in [2.45, 2.75) is 44.8 Å². The lowest BCUT2D eigenvalue weighted by Gasteiger charge is -2.23. The first kappa shape index (κ1) is 30.9. The zero-order chi connectivity index (χ0) is 29.9. The van der Waals surface area contributed by atoms with Crippen molar-refractivity contribution in [3.63, 3.8) is 0 Å². The van der Waals surface area contributed by atoms with Gasteiger partial charge >= 0.3 is 18.0 Å². The Kier molecular flexibility index (Phi) is 9.14. The highest BCUT2D eigenvalue weighted by molar-refractivity contribution is 7.88. The number of alkyl halides is 6. The standard InChI is InChI=1S/C24H25F6N5O4S/c1-15-7-9-16(10-8-15)21-33-35(22(37)34(21)12-11-23(25,26)27)14-20(36)32-19(13-31-40(2,38)39)17-5-3-4-6-18(17)24(28,29)30/h3-10,19,31H,11-14H2,1-2H3,(H,32,36). The molecule has 0 aliphatic rings. The van der Waals surface area contributed by atoms with Crippen LogP contribution in [0.25, 0.3) is 11.4 Å². The second kappa shape index (κ2) is 11.8. The summed E-state index contributed by atoms with van der Waals surface area (Å²) in [5.74, 6) is -1.17. The molecule has 0 spiro atoms. The van der Waals surface area contributed by atoms with Gasteiger partial charge in [-0.2, -0.15) is 26.3 Å². The van der Waals surface area contributed by atoms with E-state index in [0.717, 1.165) is 34.6 Å². The van der Waals surface area contributed by atoms with Crippen LogP contribution >= 0.6 is 0 Å². The molecule has 0 fully saturated rings. The number of hydrogen-bond acceptors (Lipinski definition) is 5. The number of aromatic nitrogens is 3. The van der Waals surface area contributed by atoms with E-state index in [-0.39, 0.29) is 5.82 Å². The van der Waals surface area contributed by atoms with Gasteiger partial charge in [0.2, 0.25) is 15.9 Å². The Bertz CT molecular complexity index is 1510. The zero-order valence-electron chi connectivity index (χ0n) is 21.2. The summed E-state index contributed by atoms with van der Waals surface area (Å²) in [5.41, 5.74) is -1.47. The lowest BCUT2D eigenvalue weighted by Crippen LogP contribution is -2.41. The second-order valence-electron chi connectivity index (χ2n) is 8.97. The van der Waals surface area contributed by atoms with Gasteiger partial charge in [0.1, 0.15) is 6.54 Å². The van der Waals surface area contributed by atoms with Crippen LogP contribution in [-0.2, 0) is 34.1 Å². The van der Waals surface area contributed by atoms with E-state index >= 15 is 0 Å². The third kappa shape index (κ3) is 8.42. The molecule has 1 heterocycles. The Morgan fingerprint density at radius 3 is 2.23 bits per heavy atom. The van der Waals surface area contributed by atoms with Gasteiger partial charge in [0, 0.05) is 18.7 Å². The van der Waals surface area contributed by atoms with Gasteiger partial charge < -0.3 is 5.32 Å². The van der Waals surface area contributed by atoms with Gasteiger partial charge in [-0.3, -0.25) is 9.36 Å². The number of nitrogens with zero attached hydrogens (tertiary/aromatic N) is 3. The first-order valence-corrected chi connectivity index (χ1v) is 13.6. The first-order chi connectivity index (χ1) is 18.4. The average Bonchev–Trinajstić information content (AvgIpc) is 3.14. The van der Waals surface area contributed by atoms with Crippen molar-refractivity contribution in [3.8, 4) is 11.4 Å². The summed E-state index contributed by atoms with van der Waals surface area (Å²) in [7, 11) is -3.88. The molecule has 1 unspecified atom stereocenters. The largest absolute Gasteiger partial charge is 0.416 e. The van der Waals surface area contributed by atoms with Crippen LogP contribution in [0.5, 0.6) is 0 Å². The predicted octanol–water partition coefficient (Wildman–Crippen LogP) is 3.40. The van der Waals surface area contributed by atoms with Crippen LogP contribution < -0.4 is 15.7 Å². The lowest BCUT2D eigenvalue weighted by atomic mass is 10.00. The van der Waals surface area contributed by atoms with Crippen LogP contribution in [0.15, 0.2) is 53.3 Å². The zero-order valence-corrected chi connectivity index (χ0v) is 22.0. The molecule has 16 heteroatoms. The fraction of sp³-hybridized carbons (Fsp3) is 0.375. The molecule has 9 nitrogen and oxygen atoms in total. The highest BCUT2D eigenvalue weighted by atomic mass is 32.2. The molecule has 3 aromatic rings. The fourth-order valence-electron chi connectivity index (χ4n) is 3.81. The van der Waals surface area contributed by atoms with Crippen molar-refractivity contribution in [3.05, 3.63) is 75.7 Å². The van der Waals surface area contributed by atoms with Crippen LogP contribution in [0.4, 0.5) is 26.3 Å². The molecule has 3 rings (SSSR count). The van der Waals surface area contributed by atoms with E-state index in [2.05, 4.69) is 10.4 Å². The monoisotopic (exact) mass is 593 g/mol. The van der Waals surface area contributed by atoms with Gasteiger partial charge in [0.15, 0.2) is 5.82 Å². The molecule has 1 atom stereocenters. The van der Waals surface area contributed by atoms with Crippen LogP contribution in [0, 0.1) is 6.92 Å². The SMILES string of the molecule is Cc1ccc(-c2nn(CC(=O)NC(CNS(C)(=O)=O)c3ccccc3C(F)(F)F)c(=O)n2CCC(F)(F)F)cc1. The number of sulfonamides is 1. The summed E-state index contributed by atoms with van der Waals surface area (Å²) in [5, 5.41) is 6.29. The quantitative estimate of drug-likeness (QED) is 0.350. The molecule has 2 aromatic carbocycles. The number of aryl methyl sites for hydroxylation is 1. The molecule has 1 aromatic heterocycles. The molecule has 1 amide bonds. The molecule has 2 N–H and O–H groups in total. The summed E-state index contributed by atoms with van der Waals surface area (Å²) in [6.07, 6.45) is -9.99. The summed E-state index contributed by atoms with van der Waals surface area (Å²) in [6.45, 7) is -0.524. The fourth-order valence-corrected chi connectivity index (χ4v) is 4.28. The number of amides is 1. The molecular weight excluding hydrogens is 568 g/mol. The number of nitrogens with one attached hydrogen (secondary N) is 2. The number of hydrogen-bond donors (Lipinski definition) is 2. The Labute approximate surface area is 224 Å². The van der Waals surface area contributed by atoms with E-state index in [1.165, 1.54) is 18.2 Å². The maximum absolute atomic E-state index is 13.6. The summed E-state index contributed by atoms with van der Waals surface area (Å²) < 4.78 is 106. The molecule has 0 radical (unpaired) electrons. The van der Waals surface area contributed by atoms with E-state index in [1.54, 1.807) is 19.1 Å². The van der Waals surface area contributed by atoms with Gasteiger partial charge in [0.25, 0.3) is 0 Å². The highest BCUT2D eigenvalue weighted by Crippen LogP contribution is 2.34. The summed E-state index contributed by atoms with van der Waals surface area (Å²) in [6, 6.07) is 9.06. The minimum atomic E-state index is -4.83. The highest BCUT2D eigenvalue weighted by Gasteiger charge is 2.35. The van der Waals surface area contributed by atoms with Crippen molar-refractivity contribution in [2.75, 3.05) is 12.8 Å².